The number of benzene rings is 2. The van der Waals surface area contributed by atoms with Crippen LogP contribution in [-0.4, -0.2) is 27.2 Å². The maximum absolute atomic E-state index is 12.3. The number of anilines is 1. The van der Waals surface area contributed by atoms with Crippen LogP contribution in [0.3, 0.4) is 0 Å². The topological polar surface area (TPSA) is 123 Å². The van der Waals surface area contributed by atoms with Crippen molar-refractivity contribution in [3.8, 4) is 0 Å². The van der Waals surface area contributed by atoms with E-state index in [1.54, 1.807) is 6.92 Å². The zero-order valence-corrected chi connectivity index (χ0v) is 14.2. The van der Waals surface area contributed by atoms with Gasteiger partial charge in [0.1, 0.15) is 6.04 Å². The van der Waals surface area contributed by atoms with Gasteiger partial charge in [0, 0.05) is 12.6 Å². The van der Waals surface area contributed by atoms with Gasteiger partial charge in [-0.3, -0.25) is 14.9 Å². The normalized spacial score (nSPS) is 11.9. The molecule has 9 heteroatoms. The highest BCUT2D eigenvalue weighted by molar-refractivity contribution is 5.95. The summed E-state index contributed by atoms with van der Waals surface area (Å²) in [6.45, 7) is 4.09. The minimum Gasteiger partial charge on any atom is -0.372 e. The molecule has 0 saturated carbocycles. The summed E-state index contributed by atoms with van der Waals surface area (Å²) in [5.74, 6) is -0.214. The number of nitro benzene ring substituents is 1. The molecular formula is C17H17N5O4. The van der Waals surface area contributed by atoms with Crippen LogP contribution in [0.4, 0.5) is 11.4 Å². The van der Waals surface area contributed by atoms with E-state index in [-0.39, 0.29) is 22.6 Å². The van der Waals surface area contributed by atoms with Crippen LogP contribution in [0, 0.1) is 17.0 Å². The lowest BCUT2D eigenvalue weighted by Crippen LogP contribution is -2.37. The van der Waals surface area contributed by atoms with Crippen molar-refractivity contribution in [1.29, 1.82) is 0 Å². The van der Waals surface area contributed by atoms with E-state index in [1.165, 1.54) is 12.1 Å². The Bertz CT molecular complexity index is 951. The van der Waals surface area contributed by atoms with Gasteiger partial charge in [0.05, 0.1) is 10.6 Å². The van der Waals surface area contributed by atoms with Crippen molar-refractivity contribution in [2.45, 2.75) is 26.4 Å². The van der Waals surface area contributed by atoms with Gasteiger partial charge in [-0.15, -0.1) is 0 Å². The molecule has 0 fully saturated rings. The number of amides is 1. The average molecular weight is 355 g/mol. The first-order chi connectivity index (χ1) is 12.5. The number of carbonyl (C=O) groups is 1. The molecule has 0 aliphatic carbocycles. The molecule has 3 aromatic rings. The molecule has 2 aromatic carbocycles. The standard InChI is InChI=1S/C17H17N5O4/c1-10-3-5-12(6-4-10)9-18-17(23)11(2)19-13-7-8-14(22(24)25)16-15(13)20-26-21-16/h3-8,11,19H,9H2,1-2H3,(H,18,23)/t11-/m0/s1. The van der Waals surface area contributed by atoms with E-state index in [2.05, 4.69) is 25.6 Å². The van der Waals surface area contributed by atoms with Gasteiger partial charge in [0.15, 0.2) is 5.52 Å². The molecule has 0 bridgehead atoms. The fourth-order valence-electron chi connectivity index (χ4n) is 2.46. The Kier molecular flexibility index (Phi) is 4.78. The Hall–Kier alpha value is -3.49. The quantitative estimate of drug-likeness (QED) is 0.514. The number of hydrogen-bond donors (Lipinski definition) is 2. The first-order valence-electron chi connectivity index (χ1n) is 7.95. The molecule has 1 amide bonds. The number of fused-ring (bicyclic) bond motifs is 1. The Morgan fingerprint density at radius 1 is 1.19 bits per heavy atom. The van der Waals surface area contributed by atoms with Gasteiger partial charge in [0.2, 0.25) is 11.4 Å². The smallest absolute Gasteiger partial charge is 0.300 e. The highest BCUT2D eigenvalue weighted by Gasteiger charge is 2.21. The fourth-order valence-corrected chi connectivity index (χ4v) is 2.46. The SMILES string of the molecule is Cc1ccc(CNC(=O)[C@H](C)Nc2ccc([N+](=O)[O-])c3nonc23)cc1. The second-order valence-electron chi connectivity index (χ2n) is 5.92. The Morgan fingerprint density at radius 3 is 2.58 bits per heavy atom. The van der Waals surface area contributed by atoms with Gasteiger partial charge in [-0.1, -0.05) is 29.8 Å². The molecule has 0 aliphatic heterocycles. The molecule has 26 heavy (non-hydrogen) atoms. The summed E-state index contributed by atoms with van der Waals surface area (Å²) in [4.78, 5) is 22.7. The van der Waals surface area contributed by atoms with Crippen molar-refractivity contribution >= 4 is 28.3 Å². The molecule has 0 spiro atoms. The molecule has 3 rings (SSSR count). The summed E-state index contributed by atoms with van der Waals surface area (Å²) in [7, 11) is 0. The monoisotopic (exact) mass is 355 g/mol. The van der Waals surface area contributed by atoms with Crippen LogP contribution in [0.25, 0.3) is 11.0 Å². The second-order valence-corrected chi connectivity index (χ2v) is 5.92. The maximum Gasteiger partial charge on any atom is 0.300 e. The summed E-state index contributed by atoms with van der Waals surface area (Å²) in [5.41, 5.74) is 2.62. The second kappa shape index (κ2) is 7.18. The molecule has 1 aromatic heterocycles. The van der Waals surface area contributed by atoms with E-state index in [0.29, 0.717) is 12.2 Å². The van der Waals surface area contributed by atoms with Crippen LogP contribution in [0.2, 0.25) is 0 Å². The summed E-state index contributed by atoms with van der Waals surface area (Å²) in [6, 6.07) is 10.1. The first-order valence-corrected chi connectivity index (χ1v) is 7.95. The third-order valence-corrected chi connectivity index (χ3v) is 3.94. The van der Waals surface area contributed by atoms with Crippen LogP contribution < -0.4 is 10.6 Å². The number of nitro groups is 1. The van der Waals surface area contributed by atoms with Crippen LogP contribution >= 0.6 is 0 Å². The number of rotatable bonds is 6. The van der Waals surface area contributed by atoms with Gasteiger partial charge >= 0.3 is 5.69 Å². The number of nitrogens with one attached hydrogen (secondary N) is 2. The van der Waals surface area contributed by atoms with Crippen molar-refractivity contribution in [1.82, 2.24) is 15.6 Å². The Balaban J connectivity index is 1.68. The summed E-state index contributed by atoms with van der Waals surface area (Å²) < 4.78 is 4.61. The van der Waals surface area contributed by atoms with E-state index in [4.69, 9.17) is 0 Å². The van der Waals surface area contributed by atoms with Crippen molar-refractivity contribution in [3.05, 3.63) is 57.6 Å². The Morgan fingerprint density at radius 2 is 1.88 bits per heavy atom. The van der Waals surface area contributed by atoms with Crippen LogP contribution in [0.15, 0.2) is 41.0 Å². The average Bonchev–Trinajstić information content (AvgIpc) is 3.11. The van der Waals surface area contributed by atoms with E-state index >= 15 is 0 Å². The van der Waals surface area contributed by atoms with Gasteiger partial charge in [-0.05, 0) is 35.8 Å². The molecular weight excluding hydrogens is 338 g/mol. The van der Waals surface area contributed by atoms with E-state index in [9.17, 15) is 14.9 Å². The Labute approximate surface area is 148 Å². The van der Waals surface area contributed by atoms with Crippen molar-refractivity contribution in [3.63, 3.8) is 0 Å². The minimum absolute atomic E-state index is 0.0345. The van der Waals surface area contributed by atoms with Crippen molar-refractivity contribution < 1.29 is 14.3 Å². The van der Waals surface area contributed by atoms with Crippen molar-refractivity contribution in [2.24, 2.45) is 0 Å². The molecule has 134 valence electrons. The summed E-state index contributed by atoms with van der Waals surface area (Å²) >= 11 is 0. The van der Waals surface area contributed by atoms with E-state index < -0.39 is 11.0 Å². The largest absolute Gasteiger partial charge is 0.372 e. The van der Waals surface area contributed by atoms with Gasteiger partial charge in [0.25, 0.3) is 0 Å². The lowest BCUT2D eigenvalue weighted by Gasteiger charge is -2.15. The molecule has 0 unspecified atom stereocenters. The highest BCUT2D eigenvalue weighted by Crippen LogP contribution is 2.29. The molecule has 0 radical (unpaired) electrons. The molecule has 2 N–H and O–H groups in total. The zero-order chi connectivity index (χ0) is 18.7. The van der Waals surface area contributed by atoms with Gasteiger partial charge in [-0.2, -0.15) is 0 Å². The predicted octanol–water partition coefficient (Wildman–Crippen LogP) is 2.56. The number of non-ortho nitro benzene ring substituents is 1. The summed E-state index contributed by atoms with van der Waals surface area (Å²) in [6.07, 6.45) is 0. The molecule has 9 nitrogen and oxygen atoms in total. The lowest BCUT2D eigenvalue weighted by molar-refractivity contribution is -0.383. The zero-order valence-electron chi connectivity index (χ0n) is 14.2. The predicted molar refractivity (Wildman–Crippen MR) is 94.6 cm³/mol. The maximum atomic E-state index is 12.3. The third-order valence-electron chi connectivity index (χ3n) is 3.94. The van der Waals surface area contributed by atoms with Crippen molar-refractivity contribution in [2.75, 3.05) is 5.32 Å². The van der Waals surface area contributed by atoms with Gasteiger partial charge in [-0.25, -0.2) is 4.63 Å². The lowest BCUT2D eigenvalue weighted by atomic mass is 10.1. The number of aryl methyl sites for hydroxylation is 1. The number of aromatic nitrogens is 2. The third kappa shape index (κ3) is 3.61. The van der Waals surface area contributed by atoms with Crippen LogP contribution in [0.5, 0.6) is 0 Å². The molecule has 0 aliphatic rings. The summed E-state index contributed by atoms with van der Waals surface area (Å²) in [5, 5.41) is 24.1. The van der Waals surface area contributed by atoms with Gasteiger partial charge < -0.3 is 10.6 Å². The molecule has 1 atom stereocenters. The number of nitrogens with zero attached hydrogens (tertiary/aromatic N) is 3. The fraction of sp³-hybridized carbons (Fsp3) is 0.235. The van der Waals surface area contributed by atoms with E-state index in [1.807, 2.05) is 31.2 Å². The van der Waals surface area contributed by atoms with Crippen LogP contribution in [0.1, 0.15) is 18.1 Å². The number of carbonyl (C=O) groups excluding carboxylic acids is 1. The molecule has 0 saturated heterocycles. The molecule has 1 heterocycles. The number of hydrogen-bond acceptors (Lipinski definition) is 7. The first kappa shape index (κ1) is 17.3. The highest BCUT2D eigenvalue weighted by atomic mass is 16.6. The minimum atomic E-state index is -0.582. The van der Waals surface area contributed by atoms with E-state index in [0.717, 1.165) is 11.1 Å². The van der Waals surface area contributed by atoms with Crippen LogP contribution in [-0.2, 0) is 11.3 Å².